The molecule has 1 aliphatic heterocycles. The molecule has 0 saturated carbocycles. The summed E-state index contributed by atoms with van der Waals surface area (Å²) < 4.78 is 27.8. The highest BCUT2D eigenvalue weighted by atomic mass is 32.2. The first-order valence-corrected chi connectivity index (χ1v) is 11.9. The molecule has 13 heteroatoms. The molecule has 186 valence electrons. The third-order valence-electron chi connectivity index (χ3n) is 5.25. The molecule has 0 radical (unpaired) electrons. The second-order valence-corrected chi connectivity index (χ2v) is 9.57. The molecule has 35 heavy (non-hydrogen) atoms. The minimum atomic E-state index is -4.37. The van der Waals surface area contributed by atoms with Crippen LogP contribution in [0.1, 0.15) is 17.5 Å². The molecule has 1 heterocycles. The van der Waals surface area contributed by atoms with E-state index in [4.69, 9.17) is 22.0 Å². The van der Waals surface area contributed by atoms with Gasteiger partial charge in [-0.05, 0) is 48.4 Å². The van der Waals surface area contributed by atoms with Crippen LogP contribution >= 0.6 is 0 Å². The van der Waals surface area contributed by atoms with Gasteiger partial charge in [0.2, 0.25) is 15.6 Å². The zero-order valence-corrected chi connectivity index (χ0v) is 19.6. The first-order valence-electron chi connectivity index (χ1n) is 10.4. The lowest BCUT2D eigenvalue weighted by Crippen LogP contribution is -2.64. The molecule has 0 bridgehead atoms. The summed E-state index contributed by atoms with van der Waals surface area (Å²) in [5.74, 6) is -2.76. The van der Waals surface area contributed by atoms with Gasteiger partial charge in [-0.1, -0.05) is 24.3 Å². The number of hydrogen-bond acceptors (Lipinski definition) is 8. The topological polar surface area (TPSA) is 212 Å². The van der Waals surface area contributed by atoms with Crippen molar-refractivity contribution in [2.75, 3.05) is 6.54 Å². The average Bonchev–Trinajstić information content (AvgIpc) is 3.25. The fourth-order valence-electron chi connectivity index (χ4n) is 3.40. The number of sulfonamides is 1. The van der Waals surface area contributed by atoms with E-state index in [1.54, 1.807) is 43.3 Å². The Bertz CT molecular complexity index is 1290. The molecule has 0 aliphatic carbocycles. The maximum Gasteiger partial charge on any atom is 0.334 e. The Hall–Kier alpha value is -3.78. The molecule has 0 aromatic heterocycles. The standard InChI is InChI=1S/C22H26N6O6S/c1-13-3-2-4-17(9-13)35(32,33)28-22(12-23,20(30)31)19(29)11-16-10-18(27-34-16)14-5-7-15(8-6-14)26-21(24)25/h2-10,16,27-28H,11-12,23H2,1H3,(H,30,31)(H4,24,25,26). The highest BCUT2D eigenvalue weighted by Gasteiger charge is 2.49. The molecular weight excluding hydrogens is 476 g/mol. The number of aliphatic imine (C=N–C) groups is 1. The van der Waals surface area contributed by atoms with Gasteiger partial charge >= 0.3 is 5.97 Å². The molecule has 9 N–H and O–H groups in total. The summed E-state index contributed by atoms with van der Waals surface area (Å²) >= 11 is 0. The zero-order valence-electron chi connectivity index (χ0n) is 18.8. The number of nitrogens with two attached hydrogens (primary N) is 3. The van der Waals surface area contributed by atoms with Gasteiger partial charge in [-0.25, -0.2) is 18.2 Å². The van der Waals surface area contributed by atoms with Crippen molar-refractivity contribution in [3.8, 4) is 0 Å². The largest absolute Gasteiger partial charge is 0.479 e. The van der Waals surface area contributed by atoms with Crippen molar-refractivity contribution in [1.29, 1.82) is 0 Å². The molecule has 12 nitrogen and oxygen atoms in total. The number of hydroxylamine groups is 1. The number of nitrogens with zero attached hydrogens (tertiary/aromatic N) is 1. The van der Waals surface area contributed by atoms with Gasteiger partial charge in [0, 0.05) is 13.0 Å². The summed E-state index contributed by atoms with van der Waals surface area (Å²) in [4.78, 5) is 34.3. The van der Waals surface area contributed by atoms with Crippen LogP contribution in [0.3, 0.4) is 0 Å². The predicted molar refractivity (Wildman–Crippen MR) is 128 cm³/mol. The minimum absolute atomic E-state index is 0.0855. The average molecular weight is 503 g/mol. The Kier molecular flexibility index (Phi) is 7.55. The quantitative estimate of drug-likeness (QED) is 0.144. The lowest BCUT2D eigenvalue weighted by atomic mass is 9.91. The van der Waals surface area contributed by atoms with E-state index in [-0.39, 0.29) is 10.9 Å². The number of hydrogen-bond donors (Lipinski definition) is 6. The minimum Gasteiger partial charge on any atom is -0.479 e. The number of carbonyl (C=O) groups is 2. The molecular formula is C22H26N6O6S. The Morgan fingerprint density at radius 3 is 2.46 bits per heavy atom. The van der Waals surface area contributed by atoms with Crippen molar-refractivity contribution in [3.05, 3.63) is 65.7 Å². The van der Waals surface area contributed by atoms with Gasteiger partial charge in [0.15, 0.2) is 11.7 Å². The van der Waals surface area contributed by atoms with Crippen LogP contribution in [-0.2, 0) is 24.4 Å². The van der Waals surface area contributed by atoms with Crippen LogP contribution in [0.5, 0.6) is 0 Å². The molecule has 2 unspecified atom stereocenters. The van der Waals surface area contributed by atoms with Crippen molar-refractivity contribution >= 4 is 39.1 Å². The Labute approximate surface area is 201 Å². The van der Waals surface area contributed by atoms with Gasteiger partial charge in [0.25, 0.3) is 0 Å². The maximum atomic E-state index is 13.1. The van der Waals surface area contributed by atoms with Gasteiger partial charge in [-0.3, -0.25) is 15.1 Å². The van der Waals surface area contributed by atoms with Crippen molar-refractivity contribution in [2.45, 2.75) is 29.9 Å². The number of nitrogens with one attached hydrogen (secondary N) is 2. The van der Waals surface area contributed by atoms with Gasteiger partial charge in [-0.2, -0.15) is 4.72 Å². The third-order valence-corrected chi connectivity index (χ3v) is 6.74. The Morgan fingerprint density at radius 2 is 1.89 bits per heavy atom. The molecule has 3 rings (SSSR count). The van der Waals surface area contributed by atoms with Crippen molar-refractivity contribution < 1.29 is 28.0 Å². The van der Waals surface area contributed by atoms with Crippen LogP contribution in [0.4, 0.5) is 5.69 Å². The SMILES string of the molecule is Cc1cccc(S(=O)(=O)NC(CN)(C(=O)O)C(=O)CC2C=C(c3ccc(N=C(N)N)cc3)NO2)c1. The lowest BCUT2D eigenvalue weighted by molar-refractivity contribution is -0.149. The smallest absolute Gasteiger partial charge is 0.334 e. The number of carboxylic acids is 1. The number of Topliss-reactive ketones (excluding diaryl/α,β-unsaturated/α-hetero) is 1. The number of carbonyl (C=O) groups excluding carboxylic acids is 1. The van der Waals surface area contributed by atoms with E-state index in [0.717, 1.165) is 0 Å². The van der Waals surface area contributed by atoms with Crippen LogP contribution in [-0.4, -0.2) is 49.4 Å². The predicted octanol–water partition coefficient (Wildman–Crippen LogP) is -0.136. The summed E-state index contributed by atoms with van der Waals surface area (Å²) in [7, 11) is -4.37. The number of carboxylic acid groups (broad SMARTS) is 1. The van der Waals surface area contributed by atoms with Gasteiger partial charge in [-0.15, -0.1) is 0 Å². The van der Waals surface area contributed by atoms with E-state index >= 15 is 0 Å². The van der Waals surface area contributed by atoms with Crippen molar-refractivity contribution in [3.63, 3.8) is 0 Å². The molecule has 0 fully saturated rings. The summed E-state index contributed by atoms with van der Waals surface area (Å²) in [6.07, 6.45) is 0.247. The van der Waals surface area contributed by atoms with Crippen LogP contribution < -0.4 is 27.4 Å². The van der Waals surface area contributed by atoms with E-state index < -0.39 is 46.4 Å². The summed E-state index contributed by atoms with van der Waals surface area (Å²) in [5, 5.41) is 9.82. The van der Waals surface area contributed by atoms with Crippen LogP contribution in [0.2, 0.25) is 0 Å². The monoisotopic (exact) mass is 502 g/mol. The summed E-state index contributed by atoms with van der Waals surface area (Å²) in [6, 6.07) is 12.6. The van der Waals surface area contributed by atoms with Crippen molar-refractivity contribution in [1.82, 2.24) is 10.2 Å². The highest BCUT2D eigenvalue weighted by molar-refractivity contribution is 7.89. The maximum absolute atomic E-state index is 13.1. The normalized spacial score (nSPS) is 17.1. The van der Waals surface area contributed by atoms with E-state index in [1.807, 2.05) is 4.72 Å². The van der Waals surface area contributed by atoms with Crippen molar-refractivity contribution in [2.24, 2.45) is 22.2 Å². The van der Waals surface area contributed by atoms with Gasteiger partial charge in [0.1, 0.15) is 6.10 Å². The number of rotatable bonds is 10. The van der Waals surface area contributed by atoms with Crippen LogP contribution in [0.15, 0.2) is 64.5 Å². The highest BCUT2D eigenvalue weighted by Crippen LogP contribution is 2.25. The lowest BCUT2D eigenvalue weighted by Gasteiger charge is -2.28. The van der Waals surface area contributed by atoms with Gasteiger partial charge in [0.05, 0.1) is 16.3 Å². The molecule has 2 aromatic carbocycles. The molecule has 0 saturated heterocycles. The van der Waals surface area contributed by atoms with E-state index in [9.17, 15) is 23.1 Å². The summed E-state index contributed by atoms with van der Waals surface area (Å²) in [5.41, 5.74) is 18.8. The number of benzene rings is 2. The molecule has 1 aliphatic rings. The third kappa shape index (κ3) is 5.84. The number of ketones is 1. The molecule has 0 spiro atoms. The zero-order chi connectivity index (χ0) is 25.8. The molecule has 0 amide bonds. The van der Waals surface area contributed by atoms with Gasteiger partial charge < -0.3 is 22.3 Å². The first-order chi connectivity index (χ1) is 16.5. The second-order valence-electron chi connectivity index (χ2n) is 7.89. The number of aryl methyl sites for hydroxylation is 1. The fraction of sp³-hybridized carbons (Fsp3) is 0.227. The van der Waals surface area contributed by atoms with E-state index in [0.29, 0.717) is 22.5 Å². The Balaban J connectivity index is 1.80. The van der Waals surface area contributed by atoms with Crippen LogP contribution in [0.25, 0.3) is 5.70 Å². The second kappa shape index (κ2) is 10.2. The Morgan fingerprint density at radius 1 is 1.20 bits per heavy atom. The summed E-state index contributed by atoms with van der Waals surface area (Å²) in [6.45, 7) is 0.884. The first kappa shape index (κ1) is 25.8. The van der Waals surface area contributed by atoms with E-state index in [2.05, 4.69) is 10.5 Å². The van der Waals surface area contributed by atoms with Crippen LogP contribution in [0, 0.1) is 6.92 Å². The molecule has 2 aromatic rings. The fourth-order valence-corrected chi connectivity index (χ4v) is 4.86. The number of aliphatic carboxylic acids is 1. The number of guanidine groups is 1. The molecule has 2 atom stereocenters. The van der Waals surface area contributed by atoms with E-state index in [1.165, 1.54) is 18.2 Å².